The summed E-state index contributed by atoms with van der Waals surface area (Å²) in [6.07, 6.45) is 2.29. The lowest BCUT2D eigenvalue weighted by Gasteiger charge is -2.10. The van der Waals surface area contributed by atoms with Crippen molar-refractivity contribution in [3.63, 3.8) is 0 Å². The van der Waals surface area contributed by atoms with E-state index in [0.717, 1.165) is 12.0 Å². The number of hydrogen-bond acceptors (Lipinski definition) is 5. The topological polar surface area (TPSA) is 86.5 Å². The minimum atomic E-state index is -0.715. The van der Waals surface area contributed by atoms with Crippen LogP contribution >= 0.6 is 0 Å². The number of hydrogen-bond donors (Lipinski definition) is 1. The van der Waals surface area contributed by atoms with Crippen molar-refractivity contribution in [3.05, 3.63) is 35.4 Å². The number of ketones is 2. The average molecular weight is 289 g/mol. The summed E-state index contributed by atoms with van der Waals surface area (Å²) in [5, 5.41) is 0. The normalized spacial score (nSPS) is 19.3. The number of benzene rings is 1. The van der Waals surface area contributed by atoms with Gasteiger partial charge in [0, 0.05) is 12.0 Å². The van der Waals surface area contributed by atoms with E-state index in [1.54, 1.807) is 24.3 Å². The van der Waals surface area contributed by atoms with Gasteiger partial charge in [0.15, 0.2) is 5.78 Å². The largest absolute Gasteiger partial charge is 0.468 e. The van der Waals surface area contributed by atoms with Crippen LogP contribution in [0.4, 0.5) is 0 Å². The van der Waals surface area contributed by atoms with Crippen molar-refractivity contribution in [2.24, 2.45) is 11.7 Å². The lowest BCUT2D eigenvalue weighted by atomic mass is 9.94. The summed E-state index contributed by atoms with van der Waals surface area (Å²) in [6, 6.07) is 6.18. The molecule has 112 valence electrons. The number of methoxy groups -OCH3 is 1. The highest BCUT2D eigenvalue weighted by Gasteiger charge is 2.31. The summed E-state index contributed by atoms with van der Waals surface area (Å²) < 4.78 is 4.57. The number of nitrogens with two attached hydrogens (primary N) is 1. The van der Waals surface area contributed by atoms with Crippen LogP contribution in [0.5, 0.6) is 0 Å². The summed E-state index contributed by atoms with van der Waals surface area (Å²) in [5.41, 5.74) is 7.07. The number of carbonyl (C=O) groups excluding carboxylic acids is 3. The zero-order valence-corrected chi connectivity index (χ0v) is 12.0. The van der Waals surface area contributed by atoms with Gasteiger partial charge in [-0.1, -0.05) is 24.3 Å². The lowest BCUT2D eigenvalue weighted by molar-refractivity contribution is -0.142. The van der Waals surface area contributed by atoms with Crippen LogP contribution in [0.3, 0.4) is 0 Å². The van der Waals surface area contributed by atoms with Gasteiger partial charge >= 0.3 is 5.97 Å². The van der Waals surface area contributed by atoms with Crippen molar-refractivity contribution in [2.45, 2.75) is 31.7 Å². The van der Waals surface area contributed by atoms with Gasteiger partial charge in [0.2, 0.25) is 0 Å². The summed E-state index contributed by atoms with van der Waals surface area (Å²) >= 11 is 0. The highest BCUT2D eigenvalue weighted by Crippen LogP contribution is 2.25. The first kappa shape index (κ1) is 15.4. The van der Waals surface area contributed by atoms with Gasteiger partial charge in [-0.15, -0.1) is 0 Å². The van der Waals surface area contributed by atoms with Gasteiger partial charge in [-0.05, 0) is 24.8 Å². The first-order valence-electron chi connectivity index (χ1n) is 7.02. The maximum absolute atomic E-state index is 12.2. The molecule has 2 rings (SSSR count). The van der Waals surface area contributed by atoms with Crippen molar-refractivity contribution in [1.82, 2.24) is 0 Å². The van der Waals surface area contributed by atoms with E-state index >= 15 is 0 Å². The highest BCUT2D eigenvalue weighted by molar-refractivity contribution is 6.11. The standard InChI is InChI=1S/C16H19NO4/c1-21-16(20)13(17)9-10-5-7-11(8-6-10)15(19)12-3-2-4-14(12)18/h5-8,12-13H,2-4,9,17H2,1H3/t12?,13-/m0/s1. The molecule has 0 spiro atoms. The van der Waals surface area contributed by atoms with Gasteiger partial charge in [0.1, 0.15) is 11.8 Å². The van der Waals surface area contributed by atoms with Crippen LogP contribution in [0.2, 0.25) is 0 Å². The van der Waals surface area contributed by atoms with Gasteiger partial charge in [-0.25, -0.2) is 0 Å². The molecule has 1 aromatic rings. The summed E-state index contributed by atoms with van der Waals surface area (Å²) in [6.45, 7) is 0. The Kier molecular flexibility index (Phi) is 4.85. The smallest absolute Gasteiger partial charge is 0.322 e. The third-order valence-electron chi connectivity index (χ3n) is 3.82. The fourth-order valence-electron chi connectivity index (χ4n) is 2.59. The van der Waals surface area contributed by atoms with E-state index in [0.29, 0.717) is 24.8 Å². The Balaban J connectivity index is 2.03. The molecule has 0 saturated heterocycles. The zero-order valence-electron chi connectivity index (χ0n) is 12.0. The Bertz CT molecular complexity index is 550. The van der Waals surface area contributed by atoms with Crippen molar-refractivity contribution in [2.75, 3.05) is 7.11 Å². The maximum Gasteiger partial charge on any atom is 0.322 e. The number of Topliss-reactive ketones (excluding diaryl/α,β-unsaturated/α-hetero) is 2. The predicted molar refractivity (Wildman–Crippen MR) is 76.8 cm³/mol. The van der Waals surface area contributed by atoms with Gasteiger partial charge in [-0.2, -0.15) is 0 Å². The Morgan fingerprint density at radius 2 is 2.00 bits per heavy atom. The third-order valence-corrected chi connectivity index (χ3v) is 3.82. The molecule has 1 fully saturated rings. The summed E-state index contributed by atoms with van der Waals surface area (Å²) in [5.74, 6) is -1.02. The third kappa shape index (κ3) is 3.55. The highest BCUT2D eigenvalue weighted by atomic mass is 16.5. The first-order valence-corrected chi connectivity index (χ1v) is 7.02. The van der Waals surface area contributed by atoms with E-state index in [1.165, 1.54) is 7.11 Å². The average Bonchev–Trinajstić information content (AvgIpc) is 2.92. The second-order valence-electron chi connectivity index (χ2n) is 5.31. The molecule has 1 saturated carbocycles. The molecule has 5 heteroatoms. The molecule has 1 aromatic carbocycles. The second kappa shape index (κ2) is 6.63. The number of carbonyl (C=O) groups is 3. The molecule has 0 aliphatic heterocycles. The lowest BCUT2D eigenvalue weighted by Crippen LogP contribution is -2.33. The quantitative estimate of drug-likeness (QED) is 0.501. The predicted octanol–water partition coefficient (Wildman–Crippen LogP) is 1.28. The minimum Gasteiger partial charge on any atom is -0.468 e. The number of rotatable bonds is 5. The zero-order chi connectivity index (χ0) is 15.4. The molecule has 0 heterocycles. The maximum atomic E-state index is 12.2. The van der Waals surface area contributed by atoms with Crippen LogP contribution in [-0.2, 0) is 20.7 Å². The van der Waals surface area contributed by atoms with Crippen LogP contribution in [0.15, 0.2) is 24.3 Å². The van der Waals surface area contributed by atoms with Crippen LogP contribution < -0.4 is 5.73 Å². The van der Waals surface area contributed by atoms with Crippen LogP contribution in [0.25, 0.3) is 0 Å². The van der Waals surface area contributed by atoms with Crippen LogP contribution in [-0.4, -0.2) is 30.7 Å². The summed E-state index contributed by atoms with van der Waals surface area (Å²) in [7, 11) is 1.29. The Morgan fingerprint density at radius 3 is 2.52 bits per heavy atom. The molecule has 1 aliphatic carbocycles. The molecule has 21 heavy (non-hydrogen) atoms. The fourth-order valence-corrected chi connectivity index (χ4v) is 2.59. The fraction of sp³-hybridized carbons (Fsp3) is 0.438. The molecule has 0 bridgehead atoms. The van der Waals surface area contributed by atoms with Crippen LogP contribution in [0.1, 0.15) is 35.2 Å². The molecular weight excluding hydrogens is 270 g/mol. The Labute approximate surface area is 123 Å². The molecule has 1 aliphatic rings. The minimum absolute atomic E-state index is 0.0387. The van der Waals surface area contributed by atoms with E-state index in [1.807, 2.05) is 0 Å². The number of esters is 1. The molecule has 1 unspecified atom stereocenters. The van der Waals surface area contributed by atoms with Crippen LogP contribution in [0, 0.1) is 5.92 Å². The summed E-state index contributed by atoms with van der Waals surface area (Å²) in [4.78, 5) is 35.1. The van der Waals surface area contributed by atoms with E-state index in [4.69, 9.17) is 5.73 Å². The number of ether oxygens (including phenoxy) is 1. The van der Waals surface area contributed by atoms with E-state index < -0.39 is 17.9 Å². The van der Waals surface area contributed by atoms with E-state index in [2.05, 4.69) is 4.74 Å². The first-order chi connectivity index (χ1) is 10.0. The van der Waals surface area contributed by atoms with E-state index in [-0.39, 0.29) is 11.6 Å². The molecular formula is C16H19NO4. The van der Waals surface area contributed by atoms with Crippen molar-refractivity contribution in [3.8, 4) is 0 Å². The molecule has 2 atom stereocenters. The molecule has 5 nitrogen and oxygen atoms in total. The van der Waals surface area contributed by atoms with Gasteiger partial charge < -0.3 is 10.5 Å². The molecule has 0 aromatic heterocycles. The second-order valence-corrected chi connectivity index (χ2v) is 5.31. The SMILES string of the molecule is COC(=O)[C@@H](N)Cc1ccc(C(=O)C2CCCC2=O)cc1. The molecule has 2 N–H and O–H groups in total. The monoisotopic (exact) mass is 289 g/mol. The Hall–Kier alpha value is -2.01. The van der Waals surface area contributed by atoms with Crippen molar-refractivity contribution >= 4 is 17.5 Å². The Morgan fingerprint density at radius 1 is 1.33 bits per heavy atom. The van der Waals surface area contributed by atoms with E-state index in [9.17, 15) is 14.4 Å². The molecule has 0 radical (unpaired) electrons. The van der Waals surface area contributed by atoms with Gasteiger partial charge in [-0.3, -0.25) is 14.4 Å². The van der Waals surface area contributed by atoms with Gasteiger partial charge in [0.25, 0.3) is 0 Å². The molecule has 0 amide bonds. The van der Waals surface area contributed by atoms with Crippen molar-refractivity contribution in [1.29, 1.82) is 0 Å². The van der Waals surface area contributed by atoms with Gasteiger partial charge in [0.05, 0.1) is 13.0 Å². The van der Waals surface area contributed by atoms with Crippen molar-refractivity contribution < 1.29 is 19.1 Å².